The zero-order valence-corrected chi connectivity index (χ0v) is 17.4. The molecular formula is C18H26IN5O. The van der Waals surface area contributed by atoms with E-state index in [0.717, 1.165) is 18.1 Å². The molecule has 0 fully saturated rings. The van der Waals surface area contributed by atoms with Crippen molar-refractivity contribution in [2.24, 2.45) is 12.0 Å². The summed E-state index contributed by atoms with van der Waals surface area (Å²) in [6, 6.07) is 11.7. The number of aliphatic imine (C=N–C) groups is 1. The van der Waals surface area contributed by atoms with Gasteiger partial charge in [-0.05, 0) is 29.8 Å². The molecule has 7 heteroatoms. The third kappa shape index (κ3) is 5.77. The van der Waals surface area contributed by atoms with Crippen LogP contribution in [0, 0.1) is 0 Å². The van der Waals surface area contributed by atoms with Crippen molar-refractivity contribution < 1.29 is 4.79 Å². The standard InChI is InChI=1S/C18H25N5O.HI/c1-19-17(24)15-8-5-7-14(11-15)12-21-18(20-2)23(4)13-16-9-6-10-22(16)3;/h5-11H,12-13H2,1-4H3,(H,19,24)(H,20,21);1H. The van der Waals surface area contributed by atoms with Gasteiger partial charge in [-0.25, -0.2) is 0 Å². The summed E-state index contributed by atoms with van der Waals surface area (Å²) in [5.41, 5.74) is 2.90. The highest BCUT2D eigenvalue weighted by molar-refractivity contribution is 14.0. The number of nitrogens with zero attached hydrogens (tertiary/aromatic N) is 3. The molecule has 1 amide bonds. The smallest absolute Gasteiger partial charge is 0.251 e. The maximum Gasteiger partial charge on any atom is 0.251 e. The van der Waals surface area contributed by atoms with Gasteiger partial charge in [0, 0.05) is 52.2 Å². The van der Waals surface area contributed by atoms with Gasteiger partial charge in [0.1, 0.15) is 0 Å². The molecule has 0 aliphatic rings. The highest BCUT2D eigenvalue weighted by Crippen LogP contribution is 2.07. The van der Waals surface area contributed by atoms with Gasteiger partial charge in [-0.1, -0.05) is 12.1 Å². The van der Waals surface area contributed by atoms with E-state index in [2.05, 4.69) is 31.2 Å². The van der Waals surface area contributed by atoms with Crippen LogP contribution in [0.2, 0.25) is 0 Å². The third-order valence-electron chi connectivity index (χ3n) is 3.89. The predicted octanol–water partition coefficient (Wildman–Crippen LogP) is 2.21. The van der Waals surface area contributed by atoms with Crippen LogP contribution in [0.5, 0.6) is 0 Å². The van der Waals surface area contributed by atoms with Crippen LogP contribution in [0.25, 0.3) is 0 Å². The number of nitrogens with one attached hydrogen (secondary N) is 2. The molecule has 25 heavy (non-hydrogen) atoms. The second-order valence-electron chi connectivity index (χ2n) is 5.65. The summed E-state index contributed by atoms with van der Waals surface area (Å²) in [5, 5.41) is 5.98. The molecule has 2 N–H and O–H groups in total. The fourth-order valence-electron chi connectivity index (χ4n) is 2.51. The molecule has 136 valence electrons. The summed E-state index contributed by atoms with van der Waals surface area (Å²) in [4.78, 5) is 18.1. The van der Waals surface area contributed by atoms with Crippen LogP contribution in [-0.4, -0.2) is 42.5 Å². The molecule has 0 aliphatic carbocycles. The molecule has 0 atom stereocenters. The molecule has 2 aromatic rings. The Morgan fingerprint density at radius 2 is 2.04 bits per heavy atom. The van der Waals surface area contributed by atoms with Crippen molar-refractivity contribution in [3.8, 4) is 0 Å². The van der Waals surface area contributed by atoms with Crippen molar-refractivity contribution >= 4 is 35.8 Å². The quantitative estimate of drug-likeness (QED) is 0.413. The van der Waals surface area contributed by atoms with Gasteiger partial charge in [0.05, 0.1) is 6.54 Å². The minimum atomic E-state index is -0.0814. The summed E-state index contributed by atoms with van der Waals surface area (Å²) < 4.78 is 2.09. The molecule has 0 aliphatic heterocycles. The number of guanidine groups is 1. The Balaban J connectivity index is 0.00000312. The lowest BCUT2D eigenvalue weighted by Gasteiger charge is -2.22. The molecular weight excluding hydrogens is 429 g/mol. The minimum absolute atomic E-state index is 0. The second kappa shape index (κ2) is 10.1. The molecule has 0 saturated heterocycles. The maximum absolute atomic E-state index is 11.7. The number of halogens is 1. The Bertz CT molecular complexity index is 726. The molecule has 1 aromatic carbocycles. The van der Waals surface area contributed by atoms with Gasteiger partial charge in [0.25, 0.3) is 5.91 Å². The van der Waals surface area contributed by atoms with E-state index in [4.69, 9.17) is 0 Å². The van der Waals surface area contributed by atoms with Crippen molar-refractivity contribution in [2.75, 3.05) is 21.1 Å². The van der Waals surface area contributed by atoms with E-state index >= 15 is 0 Å². The van der Waals surface area contributed by atoms with Gasteiger partial charge in [-0.15, -0.1) is 24.0 Å². The van der Waals surface area contributed by atoms with Crippen LogP contribution in [-0.2, 0) is 20.1 Å². The van der Waals surface area contributed by atoms with E-state index in [9.17, 15) is 4.79 Å². The third-order valence-corrected chi connectivity index (χ3v) is 3.89. The number of hydrogen-bond donors (Lipinski definition) is 2. The van der Waals surface area contributed by atoms with Crippen LogP contribution < -0.4 is 10.6 Å². The van der Waals surface area contributed by atoms with Gasteiger partial charge < -0.3 is 20.1 Å². The monoisotopic (exact) mass is 455 g/mol. The second-order valence-corrected chi connectivity index (χ2v) is 5.65. The van der Waals surface area contributed by atoms with Gasteiger partial charge in [0.2, 0.25) is 0 Å². The summed E-state index contributed by atoms with van der Waals surface area (Å²) >= 11 is 0. The summed E-state index contributed by atoms with van der Waals surface area (Å²) in [5.74, 6) is 0.726. The largest absolute Gasteiger partial charge is 0.355 e. The lowest BCUT2D eigenvalue weighted by molar-refractivity contribution is 0.0963. The Hall–Kier alpha value is -2.03. The highest BCUT2D eigenvalue weighted by Gasteiger charge is 2.09. The molecule has 1 aromatic heterocycles. The Kier molecular flexibility index (Phi) is 8.47. The van der Waals surface area contributed by atoms with E-state index in [0.29, 0.717) is 12.1 Å². The van der Waals surface area contributed by atoms with E-state index in [1.807, 2.05) is 44.6 Å². The van der Waals surface area contributed by atoms with Crippen molar-refractivity contribution in [3.63, 3.8) is 0 Å². The van der Waals surface area contributed by atoms with Crippen molar-refractivity contribution in [3.05, 3.63) is 59.4 Å². The normalized spacial score (nSPS) is 10.8. The fraction of sp³-hybridized carbons (Fsp3) is 0.333. The Morgan fingerprint density at radius 1 is 1.28 bits per heavy atom. The van der Waals surface area contributed by atoms with E-state index in [1.54, 1.807) is 20.2 Å². The molecule has 6 nitrogen and oxygen atoms in total. The molecule has 0 radical (unpaired) electrons. The van der Waals surface area contributed by atoms with Gasteiger partial charge in [-0.2, -0.15) is 0 Å². The highest BCUT2D eigenvalue weighted by atomic mass is 127. The van der Waals surface area contributed by atoms with Crippen molar-refractivity contribution in [2.45, 2.75) is 13.1 Å². The van der Waals surface area contributed by atoms with E-state index < -0.39 is 0 Å². The van der Waals surface area contributed by atoms with Crippen LogP contribution in [0.15, 0.2) is 47.6 Å². The first-order valence-corrected chi connectivity index (χ1v) is 7.88. The molecule has 0 spiro atoms. The predicted molar refractivity (Wildman–Crippen MR) is 112 cm³/mol. The Morgan fingerprint density at radius 3 is 2.64 bits per heavy atom. The molecule has 0 bridgehead atoms. The molecule has 0 unspecified atom stereocenters. The first-order chi connectivity index (χ1) is 11.5. The maximum atomic E-state index is 11.7. The number of amides is 1. The fourth-order valence-corrected chi connectivity index (χ4v) is 2.51. The molecule has 2 rings (SSSR count). The first kappa shape index (κ1) is 21.0. The number of aryl methyl sites for hydroxylation is 1. The van der Waals surface area contributed by atoms with Crippen LogP contribution in [0.3, 0.4) is 0 Å². The lowest BCUT2D eigenvalue weighted by atomic mass is 10.1. The zero-order chi connectivity index (χ0) is 17.5. The van der Waals surface area contributed by atoms with Crippen molar-refractivity contribution in [1.29, 1.82) is 0 Å². The number of carbonyl (C=O) groups excluding carboxylic acids is 1. The zero-order valence-electron chi connectivity index (χ0n) is 15.1. The molecule has 0 saturated carbocycles. The van der Waals surface area contributed by atoms with Gasteiger partial charge >= 0.3 is 0 Å². The van der Waals surface area contributed by atoms with Crippen molar-refractivity contribution in [1.82, 2.24) is 20.1 Å². The average Bonchev–Trinajstić information content (AvgIpc) is 2.99. The number of aromatic nitrogens is 1. The van der Waals surface area contributed by atoms with Gasteiger partial charge in [-0.3, -0.25) is 9.79 Å². The Labute approximate surface area is 166 Å². The van der Waals surface area contributed by atoms with Crippen LogP contribution in [0.1, 0.15) is 21.6 Å². The summed E-state index contributed by atoms with van der Waals surface area (Å²) in [7, 11) is 7.44. The average molecular weight is 455 g/mol. The first-order valence-electron chi connectivity index (χ1n) is 7.88. The summed E-state index contributed by atoms with van der Waals surface area (Å²) in [6.07, 6.45) is 2.03. The van der Waals surface area contributed by atoms with Crippen LogP contribution in [0.4, 0.5) is 0 Å². The van der Waals surface area contributed by atoms with Gasteiger partial charge in [0.15, 0.2) is 5.96 Å². The number of rotatable bonds is 5. The van der Waals surface area contributed by atoms with E-state index in [-0.39, 0.29) is 29.9 Å². The topological polar surface area (TPSA) is 61.7 Å². The number of carbonyl (C=O) groups is 1. The van der Waals surface area contributed by atoms with Crippen LogP contribution >= 0.6 is 24.0 Å². The number of benzene rings is 1. The molecule has 1 heterocycles. The summed E-state index contributed by atoms with van der Waals surface area (Å²) in [6.45, 7) is 1.37. The SMILES string of the molecule is CN=C(NCc1cccc(C(=O)NC)c1)N(C)Cc1cccn1C.I. The number of hydrogen-bond acceptors (Lipinski definition) is 2. The minimum Gasteiger partial charge on any atom is -0.355 e. The van der Waals surface area contributed by atoms with E-state index in [1.165, 1.54) is 5.69 Å². The lowest BCUT2D eigenvalue weighted by Crippen LogP contribution is -2.38.